The fourth-order valence-corrected chi connectivity index (χ4v) is 2.57. The van der Waals surface area contributed by atoms with E-state index >= 15 is 0 Å². The summed E-state index contributed by atoms with van der Waals surface area (Å²) in [6.07, 6.45) is -4.90. The molecule has 0 aliphatic rings. The van der Waals surface area contributed by atoms with Crippen molar-refractivity contribution in [3.8, 4) is 0 Å². The zero-order chi connectivity index (χ0) is 21.2. The largest absolute Gasteiger partial charge is 0.419 e. The average molecular weight is 405 g/mol. The van der Waals surface area contributed by atoms with Crippen LogP contribution in [0.15, 0.2) is 59.4 Å². The number of anilines is 1. The van der Waals surface area contributed by atoms with Crippen LogP contribution in [-0.2, 0) is 12.7 Å². The standard InChI is InChI=1S/C20H15F4N3O2/c1-12-2-4-13(5-3-12)11-27-18(28)9-8-17(26-27)19(29)25-14-6-7-16(21)15(10-14)20(22,23)24/h2-10H,11H2,1H3,(H,25,29). The highest BCUT2D eigenvalue weighted by Crippen LogP contribution is 2.33. The molecular weight excluding hydrogens is 390 g/mol. The third-order valence-corrected chi connectivity index (χ3v) is 4.08. The van der Waals surface area contributed by atoms with E-state index in [-0.39, 0.29) is 17.9 Å². The van der Waals surface area contributed by atoms with Crippen LogP contribution in [0.5, 0.6) is 0 Å². The minimum absolute atomic E-state index is 0.120. The van der Waals surface area contributed by atoms with Gasteiger partial charge in [0.25, 0.3) is 11.5 Å². The smallest absolute Gasteiger partial charge is 0.321 e. The summed E-state index contributed by atoms with van der Waals surface area (Å²) in [5, 5.41) is 6.20. The Morgan fingerprint density at radius 2 is 1.76 bits per heavy atom. The first-order chi connectivity index (χ1) is 13.6. The summed E-state index contributed by atoms with van der Waals surface area (Å²) < 4.78 is 52.9. The highest BCUT2D eigenvalue weighted by molar-refractivity contribution is 6.02. The Balaban J connectivity index is 1.83. The van der Waals surface area contributed by atoms with Crippen LogP contribution in [-0.4, -0.2) is 15.7 Å². The lowest BCUT2D eigenvalue weighted by Crippen LogP contribution is -2.26. The molecule has 1 amide bonds. The molecular formula is C20H15F4N3O2. The molecule has 0 aliphatic carbocycles. The fraction of sp³-hybridized carbons (Fsp3) is 0.150. The Kier molecular flexibility index (Phi) is 5.49. The summed E-state index contributed by atoms with van der Waals surface area (Å²) >= 11 is 0. The Labute approximate surface area is 162 Å². The topological polar surface area (TPSA) is 64.0 Å². The summed E-state index contributed by atoms with van der Waals surface area (Å²) in [6.45, 7) is 2.04. The molecule has 1 heterocycles. The fourth-order valence-electron chi connectivity index (χ4n) is 2.57. The van der Waals surface area contributed by atoms with Gasteiger partial charge in [-0.05, 0) is 36.8 Å². The van der Waals surface area contributed by atoms with Crippen LogP contribution < -0.4 is 10.9 Å². The molecule has 0 atom stereocenters. The Morgan fingerprint density at radius 1 is 1.07 bits per heavy atom. The van der Waals surface area contributed by atoms with E-state index in [2.05, 4.69) is 10.4 Å². The van der Waals surface area contributed by atoms with Gasteiger partial charge in [0.15, 0.2) is 0 Å². The first kappa shape index (κ1) is 20.2. The van der Waals surface area contributed by atoms with E-state index in [4.69, 9.17) is 0 Å². The number of rotatable bonds is 4. The zero-order valence-electron chi connectivity index (χ0n) is 15.1. The van der Waals surface area contributed by atoms with E-state index in [1.165, 1.54) is 0 Å². The predicted molar refractivity (Wildman–Crippen MR) is 98.1 cm³/mol. The summed E-state index contributed by atoms with van der Waals surface area (Å²) in [7, 11) is 0. The van der Waals surface area contributed by atoms with Crippen molar-refractivity contribution in [1.82, 2.24) is 9.78 Å². The first-order valence-corrected chi connectivity index (χ1v) is 8.45. The lowest BCUT2D eigenvalue weighted by Gasteiger charge is -2.11. The minimum Gasteiger partial charge on any atom is -0.321 e. The summed E-state index contributed by atoms with van der Waals surface area (Å²) in [5.74, 6) is -2.28. The predicted octanol–water partition coefficient (Wildman–Crippen LogP) is 4.01. The van der Waals surface area contributed by atoms with Crippen molar-refractivity contribution in [3.05, 3.63) is 93.2 Å². The SMILES string of the molecule is Cc1ccc(Cn2nc(C(=O)Nc3ccc(F)c(C(F)(F)F)c3)ccc2=O)cc1. The number of benzene rings is 2. The van der Waals surface area contributed by atoms with Gasteiger partial charge >= 0.3 is 6.18 Å². The van der Waals surface area contributed by atoms with Crippen molar-refractivity contribution >= 4 is 11.6 Å². The molecule has 0 unspecified atom stereocenters. The molecule has 9 heteroatoms. The second-order valence-electron chi connectivity index (χ2n) is 6.35. The van der Waals surface area contributed by atoms with Crippen molar-refractivity contribution < 1.29 is 22.4 Å². The zero-order valence-corrected chi connectivity index (χ0v) is 15.1. The molecule has 0 saturated heterocycles. The lowest BCUT2D eigenvalue weighted by molar-refractivity contribution is -0.139. The van der Waals surface area contributed by atoms with E-state index in [1.807, 2.05) is 31.2 Å². The summed E-state index contributed by atoms with van der Waals surface area (Å²) in [5.41, 5.74) is -0.525. The van der Waals surface area contributed by atoms with Crippen LogP contribution in [0.2, 0.25) is 0 Å². The molecule has 0 aliphatic heterocycles. The Bertz CT molecular complexity index is 1110. The van der Waals surface area contributed by atoms with Crippen LogP contribution in [0.3, 0.4) is 0 Å². The van der Waals surface area contributed by atoms with Crippen LogP contribution in [0.1, 0.15) is 27.2 Å². The molecule has 3 aromatic rings. The Morgan fingerprint density at radius 3 is 2.41 bits per heavy atom. The second kappa shape index (κ2) is 7.86. The van der Waals surface area contributed by atoms with Crippen LogP contribution in [0.4, 0.5) is 23.2 Å². The summed E-state index contributed by atoms with van der Waals surface area (Å²) in [4.78, 5) is 24.4. The molecule has 0 fully saturated rings. The molecule has 150 valence electrons. The molecule has 0 radical (unpaired) electrons. The monoisotopic (exact) mass is 405 g/mol. The number of amides is 1. The highest BCUT2D eigenvalue weighted by Gasteiger charge is 2.34. The number of hydrogen-bond donors (Lipinski definition) is 1. The van der Waals surface area contributed by atoms with E-state index in [0.29, 0.717) is 12.1 Å². The van der Waals surface area contributed by atoms with E-state index < -0.39 is 29.0 Å². The molecule has 5 nitrogen and oxygen atoms in total. The third kappa shape index (κ3) is 4.87. The number of aromatic nitrogens is 2. The molecule has 1 aromatic heterocycles. The van der Waals surface area contributed by atoms with Crippen molar-refractivity contribution in [2.75, 3.05) is 5.32 Å². The maximum atomic E-state index is 13.4. The normalized spacial score (nSPS) is 11.3. The van der Waals surface area contributed by atoms with Gasteiger partial charge in [-0.15, -0.1) is 0 Å². The number of aryl methyl sites for hydroxylation is 1. The number of halogens is 4. The first-order valence-electron chi connectivity index (χ1n) is 8.45. The molecule has 1 N–H and O–H groups in total. The molecule has 0 bridgehead atoms. The van der Waals surface area contributed by atoms with Crippen molar-refractivity contribution in [3.63, 3.8) is 0 Å². The number of nitrogens with zero attached hydrogens (tertiary/aromatic N) is 2. The molecule has 3 rings (SSSR count). The van der Waals surface area contributed by atoms with Crippen molar-refractivity contribution in [2.24, 2.45) is 0 Å². The maximum Gasteiger partial charge on any atom is 0.419 e. The Hall–Kier alpha value is -3.49. The number of nitrogens with one attached hydrogen (secondary N) is 1. The van der Waals surface area contributed by atoms with Gasteiger partial charge < -0.3 is 5.32 Å². The van der Waals surface area contributed by atoms with Gasteiger partial charge in [-0.3, -0.25) is 9.59 Å². The van der Waals surface area contributed by atoms with Crippen LogP contribution >= 0.6 is 0 Å². The maximum absolute atomic E-state index is 13.4. The molecule has 2 aromatic carbocycles. The van der Waals surface area contributed by atoms with Crippen LogP contribution in [0, 0.1) is 12.7 Å². The number of carbonyl (C=O) groups is 1. The van der Waals surface area contributed by atoms with E-state index in [0.717, 1.165) is 34.0 Å². The molecule has 0 saturated carbocycles. The van der Waals surface area contributed by atoms with Gasteiger partial charge in [0, 0.05) is 11.8 Å². The van der Waals surface area contributed by atoms with Gasteiger partial charge in [0.1, 0.15) is 11.5 Å². The number of hydrogen-bond acceptors (Lipinski definition) is 3. The second-order valence-corrected chi connectivity index (χ2v) is 6.35. The van der Waals surface area contributed by atoms with Crippen molar-refractivity contribution in [1.29, 1.82) is 0 Å². The third-order valence-electron chi connectivity index (χ3n) is 4.08. The van der Waals surface area contributed by atoms with Gasteiger partial charge in [-0.2, -0.15) is 18.3 Å². The van der Waals surface area contributed by atoms with Gasteiger partial charge in [0.2, 0.25) is 0 Å². The van der Waals surface area contributed by atoms with E-state index in [1.54, 1.807) is 0 Å². The molecule has 0 spiro atoms. The minimum atomic E-state index is -4.90. The highest BCUT2D eigenvalue weighted by atomic mass is 19.4. The van der Waals surface area contributed by atoms with Gasteiger partial charge in [-0.1, -0.05) is 29.8 Å². The van der Waals surface area contributed by atoms with Crippen molar-refractivity contribution in [2.45, 2.75) is 19.6 Å². The number of alkyl halides is 3. The average Bonchev–Trinajstić information content (AvgIpc) is 2.66. The van der Waals surface area contributed by atoms with E-state index in [9.17, 15) is 27.2 Å². The van der Waals surface area contributed by atoms with Gasteiger partial charge in [-0.25, -0.2) is 9.07 Å². The summed E-state index contributed by atoms with van der Waals surface area (Å²) in [6, 6.07) is 11.8. The lowest BCUT2D eigenvalue weighted by atomic mass is 10.1. The van der Waals surface area contributed by atoms with Crippen LogP contribution in [0.25, 0.3) is 0 Å². The molecule has 29 heavy (non-hydrogen) atoms. The quantitative estimate of drug-likeness (QED) is 0.667. The number of carbonyl (C=O) groups excluding carboxylic acids is 1. The van der Waals surface area contributed by atoms with Gasteiger partial charge in [0.05, 0.1) is 12.1 Å².